The number of unbranched alkanes of at least 4 members (excludes halogenated alkanes) is 33. The highest BCUT2D eigenvalue weighted by atomic mass is 16.7. The molecular formula is C95H139N3O10. The number of ether oxygens (including phenoxy) is 10. The smallest absolute Gasteiger partial charge is 0.187 e. The highest BCUT2D eigenvalue weighted by molar-refractivity contribution is 5.28. The van der Waals surface area contributed by atoms with Crippen LogP contribution in [0.25, 0.3) is 0 Å². The second-order valence-corrected chi connectivity index (χ2v) is 30.4. The van der Waals surface area contributed by atoms with Crippen molar-refractivity contribution in [1.82, 2.24) is 15.0 Å². The molecule has 13 nitrogen and oxygen atoms in total. The summed E-state index contributed by atoms with van der Waals surface area (Å²) in [5.74, 6) is 1.58. The lowest BCUT2D eigenvalue weighted by atomic mass is 9.97. The number of methoxy groups -OCH3 is 2. The maximum Gasteiger partial charge on any atom is 0.187 e. The van der Waals surface area contributed by atoms with Crippen LogP contribution in [-0.2, 0) is 84.0 Å². The van der Waals surface area contributed by atoms with Gasteiger partial charge in [-0.15, -0.1) is 5.10 Å². The highest BCUT2D eigenvalue weighted by Crippen LogP contribution is 2.35. The van der Waals surface area contributed by atoms with Gasteiger partial charge in [0.1, 0.15) is 48.1 Å². The Morgan fingerprint density at radius 3 is 1.14 bits per heavy atom. The van der Waals surface area contributed by atoms with Gasteiger partial charge in [-0.3, -0.25) is 0 Å². The Morgan fingerprint density at radius 2 is 0.722 bits per heavy atom. The first-order chi connectivity index (χ1) is 53.5. The van der Waals surface area contributed by atoms with E-state index in [9.17, 15) is 0 Å². The molecule has 1 aromatic heterocycles. The third-order valence-electron chi connectivity index (χ3n) is 21.5. The van der Waals surface area contributed by atoms with E-state index in [1.807, 2.05) is 102 Å². The molecule has 0 radical (unpaired) electrons. The average Bonchev–Trinajstić information content (AvgIpc) is 1.03. The van der Waals surface area contributed by atoms with E-state index in [2.05, 4.69) is 92.8 Å². The van der Waals surface area contributed by atoms with Gasteiger partial charge in [0.2, 0.25) is 0 Å². The fraction of sp³-hybridized carbons (Fsp3) is 0.600. The fourth-order valence-electron chi connectivity index (χ4n) is 14.9. The molecule has 1 fully saturated rings. The van der Waals surface area contributed by atoms with Crippen LogP contribution in [0.15, 0.2) is 176 Å². The Bertz CT molecular complexity index is 3230. The van der Waals surface area contributed by atoms with Gasteiger partial charge in [0.25, 0.3) is 0 Å². The first-order valence-corrected chi connectivity index (χ1v) is 42.7. The molecule has 1 saturated heterocycles. The highest BCUT2D eigenvalue weighted by Gasteiger charge is 2.50. The molecule has 0 N–H and O–H groups in total. The zero-order chi connectivity index (χ0) is 75.2. The molecule has 1 aliphatic rings. The van der Waals surface area contributed by atoms with Crippen molar-refractivity contribution in [2.45, 2.75) is 340 Å². The number of benzene rings is 6. The molecule has 0 aliphatic carbocycles. The monoisotopic (exact) mass is 1480 g/mol. The normalized spacial score (nSPS) is 16.7. The lowest BCUT2D eigenvalue weighted by Crippen LogP contribution is -2.62. The summed E-state index contributed by atoms with van der Waals surface area (Å²) in [6.07, 6.45) is 45.2. The van der Waals surface area contributed by atoms with Crippen LogP contribution in [0.1, 0.15) is 290 Å². The molecule has 108 heavy (non-hydrogen) atoms. The summed E-state index contributed by atoms with van der Waals surface area (Å²) < 4.78 is 71.3. The molecule has 2 heterocycles. The number of aryl methyl sites for hydroxylation is 1. The van der Waals surface area contributed by atoms with Crippen LogP contribution in [0.3, 0.4) is 0 Å². The molecule has 7 aromatic rings. The van der Waals surface area contributed by atoms with E-state index in [1.165, 1.54) is 199 Å². The Balaban J connectivity index is 1.03. The molecule has 594 valence electrons. The second-order valence-electron chi connectivity index (χ2n) is 30.4. The van der Waals surface area contributed by atoms with E-state index in [0.717, 1.165) is 89.1 Å². The first-order valence-electron chi connectivity index (χ1n) is 42.7. The predicted molar refractivity (Wildman–Crippen MR) is 439 cm³/mol. The zero-order valence-electron chi connectivity index (χ0n) is 67.1. The van der Waals surface area contributed by atoms with E-state index < -0.39 is 49.0 Å². The van der Waals surface area contributed by atoms with Crippen LogP contribution in [-0.4, -0.2) is 85.3 Å². The van der Waals surface area contributed by atoms with Gasteiger partial charge in [0, 0.05) is 6.20 Å². The fourth-order valence-corrected chi connectivity index (χ4v) is 14.9. The van der Waals surface area contributed by atoms with Crippen molar-refractivity contribution in [3.63, 3.8) is 0 Å². The molecule has 6 aromatic carbocycles. The predicted octanol–water partition coefficient (Wildman–Crippen LogP) is 24.3. The van der Waals surface area contributed by atoms with Crippen LogP contribution in [0.5, 0.6) is 11.5 Å². The molecule has 1 unspecified atom stereocenters. The second kappa shape index (κ2) is 56.0. The molecular weight excluding hydrogens is 1340 g/mol. The number of hydrogen-bond acceptors (Lipinski definition) is 12. The van der Waals surface area contributed by atoms with Crippen molar-refractivity contribution in [2.24, 2.45) is 0 Å². The van der Waals surface area contributed by atoms with Crippen LogP contribution in [0.2, 0.25) is 0 Å². The van der Waals surface area contributed by atoms with E-state index in [4.69, 9.17) is 57.7 Å². The van der Waals surface area contributed by atoms with Crippen LogP contribution < -0.4 is 9.47 Å². The third kappa shape index (κ3) is 35.4. The molecule has 13 heteroatoms. The number of aromatic nitrogens is 3. The minimum Gasteiger partial charge on any atom is -0.497 e. The summed E-state index contributed by atoms with van der Waals surface area (Å²) >= 11 is 0. The van der Waals surface area contributed by atoms with Gasteiger partial charge < -0.3 is 47.4 Å². The summed E-state index contributed by atoms with van der Waals surface area (Å²) in [6, 6.07) is 56.8. The van der Waals surface area contributed by atoms with Crippen molar-refractivity contribution in [2.75, 3.05) is 27.4 Å². The standard InChI is InChI=1S/C95H139N3O10/c1-5-7-9-11-13-15-17-19-20-21-22-23-24-25-26-27-28-29-30-32-34-36-50-60-85-70-98(97-96-85)88(91(103-76-84-64-68-87(100-4)69-65-84)89(102-72-83-62-66-86(99-3)67-63-83)61-51-37-35-33-31-18-16-14-12-10-8-6-2)77-107-95-94(106-75-82-58-48-41-49-59-82)93(105-74-81-56-46-40-47-57-81)92(104-73-80-54-44-39-45-55-80)90(108-95)78-101-71-79-52-42-38-43-53-79/h38-49,52-59,62-70,88-95H,5-37,50-51,60-61,71-78H2,1-4H3/t88-,89+,90?,91-,92-,93+,94-,95-/m0/s1. The summed E-state index contributed by atoms with van der Waals surface area (Å²) in [4.78, 5) is 0. The van der Waals surface area contributed by atoms with E-state index in [1.54, 1.807) is 14.2 Å². The minimum absolute atomic E-state index is 0.0881. The summed E-state index contributed by atoms with van der Waals surface area (Å²) in [5.41, 5.74) is 7.08. The van der Waals surface area contributed by atoms with Crippen molar-refractivity contribution in [3.05, 3.63) is 215 Å². The third-order valence-corrected chi connectivity index (χ3v) is 21.5. The van der Waals surface area contributed by atoms with Gasteiger partial charge >= 0.3 is 0 Å². The Morgan fingerprint density at radius 1 is 0.361 bits per heavy atom. The van der Waals surface area contributed by atoms with E-state index in [0.29, 0.717) is 33.0 Å². The van der Waals surface area contributed by atoms with Crippen molar-refractivity contribution in [3.8, 4) is 11.5 Å². The summed E-state index contributed by atoms with van der Waals surface area (Å²) in [5, 5.41) is 10.1. The Kier molecular flexibility index (Phi) is 45.3. The van der Waals surface area contributed by atoms with Gasteiger partial charge in [-0.25, -0.2) is 4.68 Å². The lowest BCUT2D eigenvalue weighted by molar-refractivity contribution is -0.331. The number of nitrogens with zero attached hydrogens (tertiary/aromatic N) is 3. The molecule has 0 saturated carbocycles. The summed E-state index contributed by atoms with van der Waals surface area (Å²) in [7, 11) is 3.40. The first kappa shape index (κ1) is 87.3. The number of hydrogen-bond donors (Lipinski definition) is 0. The van der Waals surface area contributed by atoms with Crippen LogP contribution >= 0.6 is 0 Å². The SMILES string of the molecule is CCCCCCCCCCCCCCCCCCCCCCCCCc1cn([C@@H](CO[C@H]2OC(COCc3ccccc3)[C@H](OCc3ccccc3)[C@@H](OCc3ccccc3)[C@@H]2OCc2ccccc2)[C@H](OCc2ccc(OC)cc2)[C@@H](CCCCCCCCCCCCCC)OCc2ccc(OC)cc2)nn1. The van der Waals surface area contributed by atoms with Crippen molar-refractivity contribution >= 4 is 0 Å². The van der Waals surface area contributed by atoms with Crippen LogP contribution in [0.4, 0.5) is 0 Å². The maximum absolute atomic E-state index is 7.54. The molecule has 0 spiro atoms. The van der Waals surface area contributed by atoms with E-state index >= 15 is 0 Å². The molecule has 8 atom stereocenters. The van der Waals surface area contributed by atoms with E-state index in [-0.39, 0.29) is 19.8 Å². The molecule has 0 amide bonds. The lowest BCUT2D eigenvalue weighted by Gasteiger charge is -2.46. The van der Waals surface area contributed by atoms with Crippen molar-refractivity contribution in [1.29, 1.82) is 0 Å². The van der Waals surface area contributed by atoms with Gasteiger partial charge in [-0.05, 0) is 76.9 Å². The quantitative estimate of drug-likeness (QED) is 0.0337. The largest absolute Gasteiger partial charge is 0.497 e. The average molecular weight is 1480 g/mol. The minimum atomic E-state index is -0.993. The van der Waals surface area contributed by atoms with Crippen molar-refractivity contribution < 1.29 is 47.4 Å². The van der Waals surface area contributed by atoms with Gasteiger partial charge in [0.05, 0.1) is 78.9 Å². The Labute approximate surface area is 653 Å². The van der Waals surface area contributed by atoms with Gasteiger partial charge in [-0.1, -0.05) is 383 Å². The van der Waals surface area contributed by atoms with Gasteiger partial charge in [-0.2, -0.15) is 0 Å². The maximum atomic E-state index is 7.54. The van der Waals surface area contributed by atoms with Gasteiger partial charge in [0.15, 0.2) is 6.29 Å². The molecule has 0 bridgehead atoms. The Hall–Kier alpha value is -6.26. The molecule has 1 aliphatic heterocycles. The number of rotatable bonds is 64. The zero-order valence-corrected chi connectivity index (χ0v) is 67.1. The molecule has 8 rings (SSSR count). The van der Waals surface area contributed by atoms with Crippen LogP contribution in [0, 0.1) is 0 Å². The summed E-state index contributed by atoms with van der Waals surface area (Å²) in [6.45, 7) is 6.78. The topological polar surface area (TPSA) is 123 Å².